The van der Waals surface area contributed by atoms with Gasteiger partial charge in [-0.1, -0.05) is 18.6 Å². The summed E-state index contributed by atoms with van der Waals surface area (Å²) in [6.07, 6.45) is 2.58. The van der Waals surface area contributed by atoms with Gasteiger partial charge in [0.25, 0.3) is 0 Å². The lowest BCUT2D eigenvalue weighted by Crippen LogP contribution is -2.51. The van der Waals surface area contributed by atoms with Gasteiger partial charge in [-0.05, 0) is 52.4 Å². The zero-order valence-electron chi connectivity index (χ0n) is 16.0. The second-order valence-electron chi connectivity index (χ2n) is 8.39. The van der Waals surface area contributed by atoms with Gasteiger partial charge >= 0.3 is 5.97 Å². The van der Waals surface area contributed by atoms with Gasteiger partial charge in [0.05, 0.1) is 11.7 Å². The molecule has 0 spiro atoms. The van der Waals surface area contributed by atoms with Gasteiger partial charge in [0.15, 0.2) is 0 Å². The minimum Gasteiger partial charge on any atom is -0.425 e. The van der Waals surface area contributed by atoms with Crippen LogP contribution in [0.5, 0.6) is 0 Å². The van der Waals surface area contributed by atoms with Gasteiger partial charge in [0, 0.05) is 17.6 Å². The highest BCUT2D eigenvalue weighted by molar-refractivity contribution is 5.92. The number of allylic oxidation sites excluding steroid dienone is 1. The van der Waals surface area contributed by atoms with Crippen LogP contribution in [0.2, 0.25) is 0 Å². The summed E-state index contributed by atoms with van der Waals surface area (Å²) in [6, 6.07) is 0. The molecule has 0 aromatic rings. The van der Waals surface area contributed by atoms with Crippen molar-refractivity contribution in [2.45, 2.75) is 89.5 Å². The van der Waals surface area contributed by atoms with E-state index >= 15 is 0 Å². The topological polar surface area (TPSA) is 96.2 Å². The van der Waals surface area contributed by atoms with Crippen LogP contribution in [-0.4, -0.2) is 51.0 Å². The fourth-order valence-electron chi connectivity index (χ4n) is 4.50. The minimum atomic E-state index is -1.93. The zero-order chi connectivity index (χ0) is 19.3. The minimum absolute atomic E-state index is 0.0201. The zero-order valence-corrected chi connectivity index (χ0v) is 16.0. The molecule has 0 aromatic carbocycles. The molecule has 0 amide bonds. The van der Waals surface area contributed by atoms with Crippen LogP contribution in [0.3, 0.4) is 0 Å². The first kappa shape index (κ1) is 19.5. The average molecular weight is 366 g/mol. The van der Waals surface area contributed by atoms with E-state index in [0.717, 1.165) is 24.8 Å². The van der Waals surface area contributed by atoms with Crippen molar-refractivity contribution in [3.05, 3.63) is 22.8 Å². The summed E-state index contributed by atoms with van der Waals surface area (Å²) in [7, 11) is 0. The van der Waals surface area contributed by atoms with Crippen LogP contribution in [0, 0.1) is 5.92 Å². The van der Waals surface area contributed by atoms with Crippen molar-refractivity contribution in [1.29, 1.82) is 0 Å². The highest BCUT2D eigenvalue weighted by atomic mass is 16.7. The molecule has 6 heteroatoms. The van der Waals surface area contributed by atoms with Crippen LogP contribution in [-0.2, 0) is 14.3 Å². The Hall–Kier alpha value is -1.21. The molecule has 1 fully saturated rings. The van der Waals surface area contributed by atoms with E-state index < -0.39 is 29.6 Å². The summed E-state index contributed by atoms with van der Waals surface area (Å²) >= 11 is 0. The number of hydrogen-bond donors (Lipinski definition) is 3. The van der Waals surface area contributed by atoms with Crippen molar-refractivity contribution < 1.29 is 29.6 Å². The number of aliphatic hydroxyl groups is 3. The summed E-state index contributed by atoms with van der Waals surface area (Å²) in [5.74, 6) is -2.28. The van der Waals surface area contributed by atoms with E-state index in [1.165, 1.54) is 6.92 Å². The molecule has 0 unspecified atom stereocenters. The van der Waals surface area contributed by atoms with E-state index in [2.05, 4.69) is 6.92 Å². The lowest BCUT2D eigenvalue weighted by Gasteiger charge is -2.37. The smallest absolute Gasteiger partial charge is 0.336 e. The van der Waals surface area contributed by atoms with Crippen molar-refractivity contribution >= 4 is 5.97 Å². The molecule has 0 radical (unpaired) electrons. The molecule has 1 saturated heterocycles. The molecular formula is C20H30O6. The Bertz CT molecular complexity index is 653. The Morgan fingerprint density at radius 3 is 2.62 bits per heavy atom. The first-order valence-electron chi connectivity index (χ1n) is 9.44. The average Bonchev–Trinajstić information content (AvgIpc) is 3.05. The first-order valence-corrected chi connectivity index (χ1v) is 9.44. The monoisotopic (exact) mass is 366 g/mol. The summed E-state index contributed by atoms with van der Waals surface area (Å²) in [4.78, 5) is 12.1. The van der Waals surface area contributed by atoms with E-state index in [4.69, 9.17) is 9.47 Å². The quantitative estimate of drug-likeness (QED) is 0.448. The molecule has 6 atom stereocenters. The summed E-state index contributed by atoms with van der Waals surface area (Å²) < 4.78 is 11.4. The maximum atomic E-state index is 12.1. The third-order valence-corrected chi connectivity index (χ3v) is 6.23. The SMILES string of the molecule is CC1=C2[C@@H](O)[C@H](O)[C@]3(C)CC[C@H](O3)[C@H](C)CC/C=C(\C)C[C@]2(O)OC1=O. The second kappa shape index (κ2) is 6.75. The molecule has 2 bridgehead atoms. The number of esters is 1. The van der Waals surface area contributed by atoms with Crippen LogP contribution in [0.4, 0.5) is 0 Å². The largest absolute Gasteiger partial charge is 0.425 e. The lowest BCUT2D eigenvalue weighted by molar-refractivity contribution is -0.190. The van der Waals surface area contributed by atoms with Crippen LogP contribution in [0.25, 0.3) is 0 Å². The molecule has 0 saturated carbocycles. The normalized spacial score (nSPS) is 46.6. The molecule has 3 heterocycles. The number of aliphatic hydroxyl groups excluding tert-OH is 2. The Morgan fingerprint density at radius 1 is 1.23 bits per heavy atom. The molecule has 146 valence electrons. The van der Waals surface area contributed by atoms with E-state index in [1.54, 1.807) is 6.92 Å². The molecule has 3 aliphatic rings. The molecule has 3 rings (SSSR count). The molecule has 0 aliphatic carbocycles. The standard InChI is InChI=1S/C20H30O6/c1-11-6-5-7-12(2)14-8-9-19(4,25-14)17(22)16(21)15-13(3)18(23)26-20(15,24)10-11/h6,12,14,16-17,21-22,24H,5,7-10H2,1-4H3/b11-6+/t12-,14+,16-,17+,19+,20+/m1/s1. The Labute approximate surface area is 154 Å². The fraction of sp³-hybridized carbons (Fsp3) is 0.750. The van der Waals surface area contributed by atoms with Crippen LogP contribution < -0.4 is 0 Å². The maximum absolute atomic E-state index is 12.1. The molecule has 0 aromatic heterocycles. The number of fused-ring (bicyclic) bond motifs is 3. The predicted molar refractivity (Wildman–Crippen MR) is 95.0 cm³/mol. The lowest BCUT2D eigenvalue weighted by atomic mass is 9.83. The first-order chi connectivity index (χ1) is 12.1. The van der Waals surface area contributed by atoms with Crippen LogP contribution in [0.1, 0.15) is 59.8 Å². The van der Waals surface area contributed by atoms with Gasteiger partial charge in [-0.15, -0.1) is 0 Å². The predicted octanol–water partition coefficient (Wildman–Crippen LogP) is 1.97. The highest BCUT2D eigenvalue weighted by Crippen LogP contribution is 2.44. The number of rotatable bonds is 0. The third kappa shape index (κ3) is 3.24. The number of carbonyl (C=O) groups is 1. The third-order valence-electron chi connectivity index (χ3n) is 6.23. The van der Waals surface area contributed by atoms with Gasteiger partial charge < -0.3 is 24.8 Å². The van der Waals surface area contributed by atoms with Crippen molar-refractivity contribution in [1.82, 2.24) is 0 Å². The van der Waals surface area contributed by atoms with Gasteiger partial charge in [0.1, 0.15) is 12.2 Å². The van der Waals surface area contributed by atoms with Crippen molar-refractivity contribution in [2.24, 2.45) is 5.92 Å². The van der Waals surface area contributed by atoms with Crippen molar-refractivity contribution in [3.63, 3.8) is 0 Å². The molecule has 3 N–H and O–H groups in total. The fourth-order valence-corrected chi connectivity index (χ4v) is 4.50. The van der Waals surface area contributed by atoms with E-state index in [9.17, 15) is 20.1 Å². The van der Waals surface area contributed by atoms with Crippen LogP contribution in [0.15, 0.2) is 22.8 Å². The maximum Gasteiger partial charge on any atom is 0.336 e. The Balaban J connectivity index is 2.03. The number of hydrogen-bond acceptors (Lipinski definition) is 6. The molecule has 3 aliphatic heterocycles. The Kier molecular flexibility index (Phi) is 5.07. The second-order valence-corrected chi connectivity index (χ2v) is 8.39. The van der Waals surface area contributed by atoms with Gasteiger partial charge in [-0.2, -0.15) is 0 Å². The molecular weight excluding hydrogens is 336 g/mol. The van der Waals surface area contributed by atoms with Gasteiger partial charge in [0.2, 0.25) is 5.79 Å². The Morgan fingerprint density at radius 2 is 1.92 bits per heavy atom. The van der Waals surface area contributed by atoms with Gasteiger partial charge in [-0.3, -0.25) is 0 Å². The highest BCUT2D eigenvalue weighted by Gasteiger charge is 2.54. The number of ether oxygens (including phenoxy) is 2. The summed E-state index contributed by atoms with van der Waals surface area (Å²) in [5.41, 5.74) is 0.129. The van der Waals surface area contributed by atoms with Crippen molar-refractivity contribution in [2.75, 3.05) is 0 Å². The summed E-state index contributed by atoms with van der Waals surface area (Å²) in [6.45, 7) is 7.29. The summed E-state index contributed by atoms with van der Waals surface area (Å²) in [5, 5.41) is 32.8. The van der Waals surface area contributed by atoms with E-state index in [-0.39, 0.29) is 23.7 Å². The number of carbonyl (C=O) groups excluding carboxylic acids is 1. The van der Waals surface area contributed by atoms with E-state index in [1.807, 2.05) is 13.0 Å². The van der Waals surface area contributed by atoms with Crippen LogP contribution >= 0.6 is 0 Å². The van der Waals surface area contributed by atoms with Crippen molar-refractivity contribution in [3.8, 4) is 0 Å². The molecule has 26 heavy (non-hydrogen) atoms. The van der Waals surface area contributed by atoms with E-state index in [0.29, 0.717) is 12.3 Å². The molecule has 6 nitrogen and oxygen atoms in total. The van der Waals surface area contributed by atoms with Gasteiger partial charge in [-0.25, -0.2) is 4.79 Å².